The third-order valence-corrected chi connectivity index (χ3v) is 6.56. The van der Waals surface area contributed by atoms with Crippen molar-refractivity contribution in [2.24, 2.45) is 0 Å². The van der Waals surface area contributed by atoms with Crippen molar-refractivity contribution in [3.63, 3.8) is 0 Å². The molecule has 28 heavy (non-hydrogen) atoms. The molecule has 0 spiro atoms. The van der Waals surface area contributed by atoms with E-state index in [1.54, 1.807) is 18.3 Å². The first-order valence-electron chi connectivity index (χ1n) is 9.12. The van der Waals surface area contributed by atoms with Gasteiger partial charge in [-0.05, 0) is 18.2 Å². The Balaban J connectivity index is 1.46. The Morgan fingerprint density at radius 3 is 2.82 bits per heavy atom. The van der Waals surface area contributed by atoms with Crippen molar-refractivity contribution in [3.8, 4) is 5.75 Å². The van der Waals surface area contributed by atoms with E-state index in [0.29, 0.717) is 18.5 Å². The predicted octanol–water partition coefficient (Wildman–Crippen LogP) is 3.04. The van der Waals surface area contributed by atoms with E-state index >= 15 is 0 Å². The lowest BCUT2D eigenvalue weighted by atomic mass is 10.0. The number of fused-ring (bicyclic) bond motifs is 2. The van der Waals surface area contributed by atoms with Crippen LogP contribution in [0.5, 0.6) is 5.75 Å². The van der Waals surface area contributed by atoms with Crippen LogP contribution in [0, 0.1) is 0 Å². The Morgan fingerprint density at radius 2 is 1.93 bits per heavy atom. The standard InChI is InChI=1S/C21H20N2O4S/c24-20(23-17-10-13-27-18-8-2-1-7-16(17)18)11-14-28(25,26)19-9-3-5-15-6-4-12-22-21(15)19/h1-9,12,17H,10-11,13-14H2,(H,23,24). The van der Waals surface area contributed by atoms with Gasteiger partial charge in [-0.3, -0.25) is 9.78 Å². The molecule has 144 valence electrons. The highest BCUT2D eigenvalue weighted by Crippen LogP contribution is 2.31. The molecule has 7 heteroatoms. The second-order valence-electron chi connectivity index (χ2n) is 6.70. The average Bonchev–Trinajstić information content (AvgIpc) is 2.72. The van der Waals surface area contributed by atoms with Gasteiger partial charge < -0.3 is 10.1 Å². The highest BCUT2D eigenvalue weighted by molar-refractivity contribution is 7.91. The lowest BCUT2D eigenvalue weighted by molar-refractivity contribution is -0.121. The highest BCUT2D eigenvalue weighted by atomic mass is 32.2. The van der Waals surface area contributed by atoms with Crippen LogP contribution in [0.25, 0.3) is 10.9 Å². The van der Waals surface area contributed by atoms with Gasteiger partial charge in [-0.25, -0.2) is 8.42 Å². The van der Waals surface area contributed by atoms with E-state index < -0.39 is 9.84 Å². The Morgan fingerprint density at radius 1 is 1.11 bits per heavy atom. The van der Waals surface area contributed by atoms with Crippen LogP contribution in [0.3, 0.4) is 0 Å². The summed E-state index contributed by atoms with van der Waals surface area (Å²) in [6, 6.07) is 16.0. The molecule has 2 heterocycles. The smallest absolute Gasteiger partial charge is 0.221 e. The maximum Gasteiger partial charge on any atom is 0.221 e. The summed E-state index contributed by atoms with van der Waals surface area (Å²) in [6.45, 7) is 0.516. The van der Waals surface area contributed by atoms with Gasteiger partial charge in [-0.15, -0.1) is 0 Å². The van der Waals surface area contributed by atoms with Gasteiger partial charge >= 0.3 is 0 Å². The van der Waals surface area contributed by atoms with Gasteiger partial charge in [0.25, 0.3) is 0 Å². The van der Waals surface area contributed by atoms with Crippen molar-refractivity contribution in [2.75, 3.05) is 12.4 Å². The van der Waals surface area contributed by atoms with Gasteiger partial charge in [0.1, 0.15) is 5.75 Å². The summed E-state index contributed by atoms with van der Waals surface area (Å²) >= 11 is 0. The zero-order chi connectivity index (χ0) is 19.6. The highest BCUT2D eigenvalue weighted by Gasteiger charge is 2.24. The number of ether oxygens (including phenoxy) is 1. The molecule has 0 fully saturated rings. The fraction of sp³-hybridized carbons (Fsp3) is 0.238. The summed E-state index contributed by atoms with van der Waals surface area (Å²) in [7, 11) is -3.63. The molecule has 0 saturated carbocycles. The largest absolute Gasteiger partial charge is 0.493 e. The number of benzene rings is 2. The van der Waals surface area contributed by atoms with Crippen molar-refractivity contribution in [1.29, 1.82) is 0 Å². The minimum absolute atomic E-state index is 0.106. The van der Waals surface area contributed by atoms with Crippen LogP contribution in [-0.2, 0) is 14.6 Å². The zero-order valence-electron chi connectivity index (χ0n) is 15.2. The molecule has 1 unspecified atom stereocenters. The third-order valence-electron chi connectivity index (χ3n) is 4.82. The first-order chi connectivity index (χ1) is 13.5. The van der Waals surface area contributed by atoms with Crippen LogP contribution in [0.4, 0.5) is 0 Å². The van der Waals surface area contributed by atoms with Crippen molar-refractivity contribution in [1.82, 2.24) is 10.3 Å². The summed E-state index contributed by atoms with van der Waals surface area (Å²) in [6.07, 6.45) is 2.12. The molecule has 0 aliphatic carbocycles. The predicted molar refractivity (Wildman–Crippen MR) is 106 cm³/mol. The molecular weight excluding hydrogens is 376 g/mol. The number of carbonyl (C=O) groups is 1. The first-order valence-corrected chi connectivity index (χ1v) is 10.8. The number of sulfone groups is 1. The molecule has 1 aromatic heterocycles. The van der Waals surface area contributed by atoms with E-state index in [-0.39, 0.29) is 29.0 Å². The molecule has 0 radical (unpaired) electrons. The Bertz CT molecular complexity index is 1120. The fourth-order valence-electron chi connectivity index (χ4n) is 3.42. The molecule has 1 atom stereocenters. The van der Waals surface area contributed by atoms with Crippen LogP contribution in [0.1, 0.15) is 24.4 Å². The lowest BCUT2D eigenvalue weighted by Gasteiger charge is -2.26. The number of hydrogen-bond acceptors (Lipinski definition) is 5. The van der Waals surface area contributed by atoms with Gasteiger partial charge in [0.2, 0.25) is 5.91 Å². The average molecular weight is 396 g/mol. The maximum atomic E-state index is 12.8. The molecule has 3 aromatic rings. The summed E-state index contributed by atoms with van der Waals surface area (Å²) in [4.78, 5) is 16.8. The van der Waals surface area contributed by atoms with Gasteiger partial charge in [-0.1, -0.05) is 36.4 Å². The van der Waals surface area contributed by atoms with E-state index in [9.17, 15) is 13.2 Å². The van der Waals surface area contributed by atoms with Crippen LogP contribution in [-0.4, -0.2) is 31.7 Å². The molecule has 1 aliphatic heterocycles. The Hall–Kier alpha value is -2.93. The summed E-state index contributed by atoms with van der Waals surface area (Å²) < 4.78 is 31.2. The number of aromatic nitrogens is 1. The third kappa shape index (κ3) is 3.71. The minimum Gasteiger partial charge on any atom is -0.493 e. The monoisotopic (exact) mass is 396 g/mol. The molecule has 1 amide bonds. The van der Waals surface area contributed by atoms with Gasteiger partial charge in [0, 0.05) is 30.0 Å². The molecule has 4 rings (SSSR count). The van der Waals surface area contributed by atoms with Crippen molar-refractivity contribution in [2.45, 2.75) is 23.8 Å². The second kappa shape index (κ2) is 7.59. The van der Waals surface area contributed by atoms with Gasteiger partial charge in [0.15, 0.2) is 9.84 Å². The molecule has 0 bridgehead atoms. The Labute approximate surface area is 163 Å². The summed E-state index contributed by atoms with van der Waals surface area (Å²) in [5.74, 6) is 0.200. The van der Waals surface area contributed by atoms with Gasteiger partial charge in [0.05, 0.1) is 28.8 Å². The maximum absolute atomic E-state index is 12.8. The molecule has 2 aromatic carbocycles. The number of nitrogens with one attached hydrogen (secondary N) is 1. The number of para-hydroxylation sites is 2. The van der Waals surface area contributed by atoms with E-state index in [2.05, 4.69) is 10.3 Å². The molecule has 1 N–H and O–H groups in total. The molecule has 0 saturated heterocycles. The Kier molecular flexibility index (Phi) is 5.00. The van der Waals surface area contributed by atoms with Crippen LogP contribution in [0.2, 0.25) is 0 Å². The number of rotatable bonds is 5. The second-order valence-corrected chi connectivity index (χ2v) is 8.77. The SMILES string of the molecule is O=C(CCS(=O)(=O)c1cccc2cccnc12)NC1CCOc2ccccc21. The number of hydrogen-bond donors (Lipinski definition) is 1. The number of amides is 1. The van der Waals surface area contributed by atoms with Gasteiger partial charge in [-0.2, -0.15) is 0 Å². The number of nitrogens with zero attached hydrogens (tertiary/aromatic N) is 1. The van der Waals surface area contributed by atoms with Crippen LogP contribution < -0.4 is 10.1 Å². The van der Waals surface area contributed by atoms with Crippen LogP contribution in [0.15, 0.2) is 65.7 Å². The zero-order valence-corrected chi connectivity index (χ0v) is 16.0. The molecule has 6 nitrogen and oxygen atoms in total. The molecule has 1 aliphatic rings. The fourth-order valence-corrected chi connectivity index (χ4v) is 4.85. The minimum atomic E-state index is -3.63. The van der Waals surface area contributed by atoms with E-state index in [1.165, 1.54) is 6.07 Å². The molecular formula is C21H20N2O4S. The van der Waals surface area contributed by atoms with E-state index in [0.717, 1.165) is 16.7 Å². The topological polar surface area (TPSA) is 85.4 Å². The first kappa shape index (κ1) is 18.4. The van der Waals surface area contributed by atoms with Crippen LogP contribution >= 0.6 is 0 Å². The summed E-state index contributed by atoms with van der Waals surface area (Å²) in [5, 5.41) is 3.69. The quantitative estimate of drug-likeness (QED) is 0.716. The van der Waals surface area contributed by atoms with E-state index in [4.69, 9.17) is 4.74 Å². The van der Waals surface area contributed by atoms with Crippen molar-refractivity contribution in [3.05, 3.63) is 66.4 Å². The summed E-state index contributed by atoms with van der Waals surface area (Å²) in [5.41, 5.74) is 1.35. The number of carbonyl (C=O) groups excluding carboxylic acids is 1. The van der Waals surface area contributed by atoms with E-state index in [1.807, 2.05) is 36.4 Å². The number of pyridine rings is 1. The van der Waals surface area contributed by atoms with Crippen molar-refractivity contribution >= 4 is 26.6 Å². The normalized spacial score (nSPS) is 16.2. The lowest BCUT2D eigenvalue weighted by Crippen LogP contribution is -2.33. The van der Waals surface area contributed by atoms with Crippen molar-refractivity contribution < 1.29 is 17.9 Å².